The molecule has 0 saturated heterocycles. The van der Waals surface area contributed by atoms with E-state index in [0.29, 0.717) is 0 Å². The van der Waals surface area contributed by atoms with Gasteiger partial charge < -0.3 is 4.90 Å². The lowest BCUT2D eigenvalue weighted by atomic mass is 9.93. The SMILES string of the molecule is CN(C)c1ccc(C=C2CCCc3nc4ccccc4nc32)cc1. The Labute approximate surface area is 142 Å². The summed E-state index contributed by atoms with van der Waals surface area (Å²) in [5, 5.41) is 0. The van der Waals surface area contributed by atoms with Gasteiger partial charge in [0, 0.05) is 19.8 Å². The maximum Gasteiger partial charge on any atom is 0.0894 e. The Hall–Kier alpha value is -2.68. The number of para-hydroxylation sites is 2. The van der Waals surface area contributed by atoms with Gasteiger partial charge in [0.05, 0.1) is 22.4 Å². The van der Waals surface area contributed by atoms with Gasteiger partial charge in [0.25, 0.3) is 0 Å². The molecule has 3 aromatic rings. The predicted octanol–water partition coefficient (Wildman–Crippen LogP) is 4.57. The fourth-order valence-corrected chi connectivity index (χ4v) is 3.24. The van der Waals surface area contributed by atoms with Gasteiger partial charge in [-0.25, -0.2) is 9.97 Å². The number of nitrogens with zero attached hydrogens (tertiary/aromatic N) is 3. The van der Waals surface area contributed by atoms with Crippen LogP contribution in [-0.4, -0.2) is 24.1 Å². The monoisotopic (exact) mass is 315 g/mol. The molecule has 4 rings (SSSR count). The van der Waals surface area contributed by atoms with Crippen molar-refractivity contribution < 1.29 is 0 Å². The fraction of sp³-hybridized carbons (Fsp3) is 0.238. The third-order valence-corrected chi connectivity index (χ3v) is 4.56. The van der Waals surface area contributed by atoms with Crippen molar-refractivity contribution in [1.82, 2.24) is 9.97 Å². The van der Waals surface area contributed by atoms with Crippen LogP contribution in [0.3, 0.4) is 0 Å². The molecule has 3 heteroatoms. The highest BCUT2D eigenvalue weighted by Gasteiger charge is 2.18. The number of aryl methyl sites for hydroxylation is 1. The maximum absolute atomic E-state index is 4.90. The van der Waals surface area contributed by atoms with Crippen LogP contribution < -0.4 is 4.90 Å². The summed E-state index contributed by atoms with van der Waals surface area (Å²) in [4.78, 5) is 11.9. The number of anilines is 1. The van der Waals surface area contributed by atoms with Gasteiger partial charge in [0.1, 0.15) is 0 Å². The van der Waals surface area contributed by atoms with Crippen LogP contribution in [0, 0.1) is 0 Å². The van der Waals surface area contributed by atoms with E-state index in [0.717, 1.165) is 41.7 Å². The summed E-state index contributed by atoms with van der Waals surface area (Å²) in [5.41, 5.74) is 7.92. The molecule has 0 spiro atoms. The Balaban J connectivity index is 1.76. The zero-order valence-corrected chi connectivity index (χ0v) is 14.2. The standard InChI is InChI=1S/C21H21N3/c1-24(2)17-12-10-15(11-13-17)14-16-6-5-9-20-21(16)23-19-8-4-3-7-18(19)22-20/h3-4,7-8,10-14H,5-6,9H2,1-2H3. The van der Waals surface area contributed by atoms with Crippen LogP contribution in [0.2, 0.25) is 0 Å². The molecule has 3 nitrogen and oxygen atoms in total. The largest absolute Gasteiger partial charge is 0.378 e. The highest BCUT2D eigenvalue weighted by atomic mass is 15.1. The van der Waals surface area contributed by atoms with Crippen LogP contribution in [-0.2, 0) is 6.42 Å². The first-order chi connectivity index (χ1) is 11.7. The zero-order chi connectivity index (χ0) is 16.5. The van der Waals surface area contributed by atoms with Gasteiger partial charge in [0.2, 0.25) is 0 Å². The number of aromatic nitrogens is 2. The first-order valence-corrected chi connectivity index (χ1v) is 8.45. The average Bonchev–Trinajstić information content (AvgIpc) is 2.61. The molecule has 0 radical (unpaired) electrons. The fourth-order valence-electron chi connectivity index (χ4n) is 3.24. The second kappa shape index (κ2) is 6.08. The van der Waals surface area contributed by atoms with Crippen molar-refractivity contribution in [2.45, 2.75) is 19.3 Å². The van der Waals surface area contributed by atoms with E-state index >= 15 is 0 Å². The number of allylic oxidation sites excluding steroid dienone is 1. The molecule has 0 unspecified atom stereocenters. The smallest absolute Gasteiger partial charge is 0.0894 e. The van der Waals surface area contributed by atoms with Crippen molar-refractivity contribution in [3.63, 3.8) is 0 Å². The van der Waals surface area contributed by atoms with E-state index in [1.54, 1.807) is 0 Å². The lowest BCUT2D eigenvalue weighted by Crippen LogP contribution is -2.08. The van der Waals surface area contributed by atoms with Gasteiger partial charge in [-0.1, -0.05) is 24.3 Å². The minimum Gasteiger partial charge on any atom is -0.378 e. The number of benzene rings is 2. The van der Waals surface area contributed by atoms with Crippen LogP contribution in [0.1, 0.15) is 29.8 Å². The van der Waals surface area contributed by atoms with E-state index in [9.17, 15) is 0 Å². The minimum absolute atomic E-state index is 0.979. The topological polar surface area (TPSA) is 29.0 Å². The highest BCUT2D eigenvalue weighted by molar-refractivity contribution is 5.85. The molecule has 0 saturated carbocycles. The number of fused-ring (bicyclic) bond motifs is 2. The van der Waals surface area contributed by atoms with Crippen molar-refractivity contribution in [2.24, 2.45) is 0 Å². The quantitative estimate of drug-likeness (QED) is 0.693. The van der Waals surface area contributed by atoms with Crippen LogP contribution in [0.4, 0.5) is 5.69 Å². The van der Waals surface area contributed by atoms with Crippen molar-refractivity contribution in [2.75, 3.05) is 19.0 Å². The van der Waals surface area contributed by atoms with Gasteiger partial charge >= 0.3 is 0 Å². The summed E-state index contributed by atoms with van der Waals surface area (Å²) in [5.74, 6) is 0. The van der Waals surface area contributed by atoms with Gasteiger partial charge in [0.15, 0.2) is 0 Å². The third kappa shape index (κ3) is 2.78. The van der Waals surface area contributed by atoms with Crippen molar-refractivity contribution in [3.8, 4) is 0 Å². The molecule has 1 aliphatic carbocycles. The Morgan fingerprint density at radius 2 is 1.58 bits per heavy atom. The summed E-state index contributed by atoms with van der Waals surface area (Å²) in [6.07, 6.45) is 5.49. The Bertz CT molecular complexity index is 908. The first kappa shape index (κ1) is 14.9. The highest BCUT2D eigenvalue weighted by Crippen LogP contribution is 2.31. The lowest BCUT2D eigenvalue weighted by molar-refractivity contribution is 0.788. The van der Waals surface area contributed by atoms with Gasteiger partial charge in [-0.05, 0) is 60.7 Å². The molecule has 1 aromatic heterocycles. The van der Waals surface area contributed by atoms with Crippen molar-refractivity contribution >= 4 is 28.4 Å². The second-order valence-corrected chi connectivity index (χ2v) is 6.52. The van der Waals surface area contributed by atoms with Crippen LogP contribution in [0.25, 0.3) is 22.7 Å². The van der Waals surface area contributed by atoms with Crippen molar-refractivity contribution in [1.29, 1.82) is 0 Å². The Morgan fingerprint density at radius 1 is 0.875 bits per heavy atom. The Kier molecular flexibility index (Phi) is 3.77. The molecule has 2 aromatic carbocycles. The molecule has 0 fully saturated rings. The second-order valence-electron chi connectivity index (χ2n) is 6.52. The predicted molar refractivity (Wildman–Crippen MR) is 101 cm³/mol. The normalized spacial score (nSPS) is 15.5. The molecule has 0 N–H and O–H groups in total. The molecular weight excluding hydrogens is 294 g/mol. The van der Waals surface area contributed by atoms with E-state index in [1.807, 2.05) is 24.3 Å². The minimum atomic E-state index is 0.979. The number of hydrogen-bond acceptors (Lipinski definition) is 3. The van der Waals surface area contributed by atoms with E-state index in [-0.39, 0.29) is 0 Å². The molecule has 0 bridgehead atoms. The Morgan fingerprint density at radius 3 is 2.29 bits per heavy atom. The molecule has 0 atom stereocenters. The number of hydrogen-bond donors (Lipinski definition) is 0. The first-order valence-electron chi connectivity index (χ1n) is 8.45. The molecule has 24 heavy (non-hydrogen) atoms. The molecule has 120 valence electrons. The van der Waals surface area contributed by atoms with E-state index < -0.39 is 0 Å². The van der Waals surface area contributed by atoms with E-state index in [2.05, 4.69) is 49.3 Å². The lowest BCUT2D eigenvalue weighted by Gasteiger charge is -2.18. The summed E-state index contributed by atoms with van der Waals surface area (Å²) in [6.45, 7) is 0. The van der Waals surface area contributed by atoms with Gasteiger partial charge in [-0.2, -0.15) is 0 Å². The van der Waals surface area contributed by atoms with E-state index in [1.165, 1.54) is 16.8 Å². The third-order valence-electron chi connectivity index (χ3n) is 4.56. The van der Waals surface area contributed by atoms with Crippen LogP contribution >= 0.6 is 0 Å². The van der Waals surface area contributed by atoms with Crippen LogP contribution in [0.15, 0.2) is 48.5 Å². The molecule has 0 amide bonds. The zero-order valence-electron chi connectivity index (χ0n) is 14.2. The molecule has 0 aliphatic heterocycles. The molecular formula is C21H21N3. The van der Waals surface area contributed by atoms with E-state index in [4.69, 9.17) is 9.97 Å². The summed E-state index contributed by atoms with van der Waals surface area (Å²) < 4.78 is 0. The van der Waals surface area contributed by atoms with Crippen LogP contribution in [0.5, 0.6) is 0 Å². The van der Waals surface area contributed by atoms with Gasteiger partial charge in [-0.3, -0.25) is 0 Å². The van der Waals surface area contributed by atoms with Gasteiger partial charge in [-0.15, -0.1) is 0 Å². The maximum atomic E-state index is 4.90. The molecule has 1 aliphatic rings. The summed E-state index contributed by atoms with van der Waals surface area (Å²) in [6, 6.07) is 16.8. The number of rotatable bonds is 2. The average molecular weight is 315 g/mol. The molecule has 1 heterocycles. The van der Waals surface area contributed by atoms with Crippen molar-refractivity contribution in [3.05, 3.63) is 65.5 Å². The summed E-state index contributed by atoms with van der Waals surface area (Å²) >= 11 is 0. The summed E-state index contributed by atoms with van der Waals surface area (Å²) in [7, 11) is 4.12.